The van der Waals surface area contributed by atoms with Gasteiger partial charge >= 0.3 is 0 Å². The number of amides is 1. The van der Waals surface area contributed by atoms with Crippen LogP contribution in [0.3, 0.4) is 0 Å². The van der Waals surface area contributed by atoms with Crippen LogP contribution < -0.4 is 10.1 Å². The zero-order valence-electron chi connectivity index (χ0n) is 18.7. The van der Waals surface area contributed by atoms with Gasteiger partial charge in [0.05, 0.1) is 12.9 Å². The van der Waals surface area contributed by atoms with Crippen LogP contribution in [0.5, 0.6) is 5.75 Å². The standard InChI is InChI=1S/C25H25N5O2S/c1-17(2)18-4-6-20(7-5-18)27-23(31)16-33-25-29-28-24(19-12-14-26-15-13-19)30(25)21-8-10-22(32-3)11-9-21/h4-15,17H,16H2,1-3H3,(H,27,31). The zero-order chi connectivity index (χ0) is 23.2. The average Bonchev–Trinajstić information content (AvgIpc) is 3.27. The number of benzene rings is 2. The number of hydrogen-bond donors (Lipinski definition) is 1. The zero-order valence-corrected chi connectivity index (χ0v) is 19.5. The van der Waals surface area contributed by atoms with Crippen molar-refractivity contribution in [1.82, 2.24) is 19.7 Å². The maximum Gasteiger partial charge on any atom is 0.234 e. The second-order valence-corrected chi connectivity index (χ2v) is 8.63. The molecule has 1 amide bonds. The molecule has 0 aliphatic carbocycles. The first-order valence-electron chi connectivity index (χ1n) is 10.6. The van der Waals surface area contributed by atoms with Gasteiger partial charge in [-0.3, -0.25) is 14.3 Å². The minimum Gasteiger partial charge on any atom is -0.497 e. The maximum atomic E-state index is 12.6. The van der Waals surface area contributed by atoms with Gasteiger partial charge in [-0.15, -0.1) is 10.2 Å². The number of anilines is 1. The Bertz CT molecular complexity index is 1210. The highest BCUT2D eigenvalue weighted by Crippen LogP contribution is 2.29. The molecule has 0 saturated carbocycles. The third-order valence-corrected chi connectivity index (χ3v) is 6.02. The molecule has 2 aromatic carbocycles. The number of methoxy groups -OCH3 is 1. The topological polar surface area (TPSA) is 81.9 Å². The number of carbonyl (C=O) groups excluding carboxylic acids is 1. The summed E-state index contributed by atoms with van der Waals surface area (Å²) in [5, 5.41) is 12.3. The van der Waals surface area contributed by atoms with E-state index in [0.29, 0.717) is 16.9 Å². The Hall–Kier alpha value is -3.65. The van der Waals surface area contributed by atoms with E-state index in [1.807, 2.05) is 65.2 Å². The molecule has 0 aliphatic heterocycles. The first-order chi connectivity index (χ1) is 16.0. The average molecular weight is 460 g/mol. The Balaban J connectivity index is 1.54. The third-order valence-electron chi connectivity index (χ3n) is 5.10. The molecule has 1 N–H and O–H groups in total. The molecule has 4 rings (SSSR count). The molecule has 0 saturated heterocycles. The van der Waals surface area contributed by atoms with Gasteiger partial charge in [0.25, 0.3) is 0 Å². The highest BCUT2D eigenvalue weighted by atomic mass is 32.2. The maximum absolute atomic E-state index is 12.6. The highest BCUT2D eigenvalue weighted by Gasteiger charge is 2.17. The van der Waals surface area contributed by atoms with E-state index in [1.54, 1.807) is 19.5 Å². The van der Waals surface area contributed by atoms with Crippen molar-refractivity contribution in [3.63, 3.8) is 0 Å². The van der Waals surface area contributed by atoms with Crippen LogP contribution in [0.15, 0.2) is 78.2 Å². The molecular weight excluding hydrogens is 434 g/mol. The lowest BCUT2D eigenvalue weighted by atomic mass is 10.0. The summed E-state index contributed by atoms with van der Waals surface area (Å²) in [5.41, 5.74) is 3.77. The predicted molar refractivity (Wildman–Crippen MR) is 131 cm³/mol. The Morgan fingerprint density at radius 3 is 2.33 bits per heavy atom. The molecule has 7 nitrogen and oxygen atoms in total. The van der Waals surface area contributed by atoms with Gasteiger partial charge in [0, 0.05) is 29.3 Å². The molecular formula is C25H25N5O2S. The van der Waals surface area contributed by atoms with E-state index in [9.17, 15) is 4.79 Å². The summed E-state index contributed by atoms with van der Waals surface area (Å²) in [6.07, 6.45) is 3.43. The van der Waals surface area contributed by atoms with Crippen LogP contribution in [0, 0.1) is 0 Å². The Kier molecular flexibility index (Phi) is 7.04. The summed E-state index contributed by atoms with van der Waals surface area (Å²) in [4.78, 5) is 16.7. The fraction of sp³-hybridized carbons (Fsp3) is 0.200. The molecule has 4 aromatic rings. The normalized spacial score (nSPS) is 10.9. The van der Waals surface area contributed by atoms with Crippen LogP contribution in [0.25, 0.3) is 17.1 Å². The van der Waals surface area contributed by atoms with Gasteiger partial charge in [0.15, 0.2) is 11.0 Å². The Morgan fingerprint density at radius 2 is 1.70 bits per heavy atom. The molecule has 0 fully saturated rings. The molecule has 0 atom stereocenters. The largest absolute Gasteiger partial charge is 0.497 e. The van der Waals surface area contributed by atoms with Crippen molar-refractivity contribution in [2.75, 3.05) is 18.2 Å². The van der Waals surface area contributed by atoms with Crippen LogP contribution in [0.2, 0.25) is 0 Å². The van der Waals surface area contributed by atoms with Crippen LogP contribution in [-0.4, -0.2) is 38.5 Å². The molecule has 0 bridgehead atoms. The summed E-state index contributed by atoms with van der Waals surface area (Å²) in [6, 6.07) is 19.3. The van der Waals surface area contributed by atoms with Crippen molar-refractivity contribution < 1.29 is 9.53 Å². The van der Waals surface area contributed by atoms with Gasteiger partial charge in [0.2, 0.25) is 5.91 Å². The molecule has 0 unspecified atom stereocenters. The lowest BCUT2D eigenvalue weighted by molar-refractivity contribution is -0.113. The SMILES string of the molecule is COc1ccc(-n2c(SCC(=O)Nc3ccc(C(C)C)cc3)nnc2-c2ccncc2)cc1. The number of nitrogens with one attached hydrogen (secondary N) is 1. The van der Waals surface area contributed by atoms with Gasteiger partial charge in [-0.05, 0) is 60.0 Å². The van der Waals surface area contributed by atoms with E-state index < -0.39 is 0 Å². The van der Waals surface area contributed by atoms with Crippen molar-refractivity contribution >= 4 is 23.4 Å². The smallest absolute Gasteiger partial charge is 0.234 e. The fourth-order valence-electron chi connectivity index (χ4n) is 3.29. The number of ether oxygens (including phenoxy) is 1. The molecule has 0 spiro atoms. The second-order valence-electron chi connectivity index (χ2n) is 7.69. The summed E-state index contributed by atoms with van der Waals surface area (Å²) in [7, 11) is 1.63. The number of aromatic nitrogens is 4. The van der Waals surface area contributed by atoms with Crippen LogP contribution in [0.1, 0.15) is 25.3 Å². The highest BCUT2D eigenvalue weighted by molar-refractivity contribution is 7.99. The quantitative estimate of drug-likeness (QED) is 0.365. The molecule has 168 valence electrons. The van der Waals surface area contributed by atoms with Crippen LogP contribution >= 0.6 is 11.8 Å². The number of thioether (sulfide) groups is 1. The van der Waals surface area contributed by atoms with E-state index in [-0.39, 0.29) is 11.7 Å². The van der Waals surface area contributed by atoms with Crippen molar-refractivity contribution in [3.8, 4) is 22.8 Å². The summed E-state index contributed by atoms with van der Waals surface area (Å²) in [5.74, 6) is 1.98. The van der Waals surface area contributed by atoms with Gasteiger partial charge in [0.1, 0.15) is 5.75 Å². The van der Waals surface area contributed by atoms with E-state index in [0.717, 1.165) is 22.7 Å². The number of rotatable bonds is 8. The fourth-order valence-corrected chi connectivity index (χ4v) is 4.05. The van der Waals surface area contributed by atoms with E-state index in [1.165, 1.54) is 17.3 Å². The van der Waals surface area contributed by atoms with Crippen molar-refractivity contribution in [2.24, 2.45) is 0 Å². The third kappa shape index (κ3) is 5.40. The first kappa shape index (κ1) is 22.5. The summed E-state index contributed by atoms with van der Waals surface area (Å²) >= 11 is 1.33. The lowest BCUT2D eigenvalue weighted by Crippen LogP contribution is -2.14. The first-order valence-corrected chi connectivity index (χ1v) is 11.6. The Labute approximate surface area is 197 Å². The summed E-state index contributed by atoms with van der Waals surface area (Å²) < 4.78 is 7.22. The van der Waals surface area contributed by atoms with E-state index in [4.69, 9.17) is 4.74 Å². The van der Waals surface area contributed by atoms with Gasteiger partial charge < -0.3 is 10.1 Å². The van der Waals surface area contributed by atoms with E-state index in [2.05, 4.69) is 34.3 Å². The summed E-state index contributed by atoms with van der Waals surface area (Å²) in [6.45, 7) is 4.28. The number of hydrogen-bond acceptors (Lipinski definition) is 6. The van der Waals surface area contributed by atoms with Gasteiger partial charge in [-0.1, -0.05) is 37.7 Å². The molecule has 0 radical (unpaired) electrons. The van der Waals surface area contributed by atoms with Crippen molar-refractivity contribution in [2.45, 2.75) is 24.9 Å². The molecule has 2 aromatic heterocycles. The van der Waals surface area contributed by atoms with Crippen LogP contribution in [0.4, 0.5) is 5.69 Å². The van der Waals surface area contributed by atoms with Crippen molar-refractivity contribution in [1.29, 1.82) is 0 Å². The molecule has 0 aliphatic rings. The lowest BCUT2D eigenvalue weighted by Gasteiger charge is -2.11. The number of nitrogens with zero attached hydrogens (tertiary/aromatic N) is 4. The Morgan fingerprint density at radius 1 is 1.00 bits per heavy atom. The van der Waals surface area contributed by atoms with Crippen molar-refractivity contribution in [3.05, 3.63) is 78.6 Å². The number of carbonyl (C=O) groups is 1. The number of pyridine rings is 1. The van der Waals surface area contributed by atoms with Gasteiger partial charge in [-0.2, -0.15) is 0 Å². The minimum atomic E-state index is -0.105. The minimum absolute atomic E-state index is 0.105. The van der Waals surface area contributed by atoms with Gasteiger partial charge in [-0.25, -0.2) is 0 Å². The monoisotopic (exact) mass is 459 g/mol. The predicted octanol–water partition coefficient (Wildman–Crippen LogP) is 5.19. The molecule has 2 heterocycles. The second kappa shape index (κ2) is 10.3. The van der Waals surface area contributed by atoms with E-state index >= 15 is 0 Å². The van der Waals surface area contributed by atoms with Crippen LogP contribution in [-0.2, 0) is 4.79 Å². The molecule has 33 heavy (non-hydrogen) atoms. The molecule has 8 heteroatoms.